The Morgan fingerprint density at radius 3 is 1.29 bits per heavy atom. The summed E-state index contributed by atoms with van der Waals surface area (Å²) in [6.07, 6.45) is 0. The number of furan rings is 3. The molecular formula is C68H35N5O3. The van der Waals surface area contributed by atoms with Crippen LogP contribution in [0.3, 0.4) is 0 Å². The molecule has 6 aromatic heterocycles. The molecule has 0 atom stereocenters. The smallest absolute Gasteiger partial charge is 0.160 e. The van der Waals surface area contributed by atoms with Crippen LogP contribution >= 0.6 is 0 Å². The highest BCUT2D eigenvalue weighted by atomic mass is 16.3. The molecular weight excluding hydrogens is 935 g/mol. The molecule has 8 nitrogen and oxygen atoms in total. The molecule has 6 heterocycles. The molecule has 17 aromatic rings. The molecule has 0 fully saturated rings. The van der Waals surface area contributed by atoms with Crippen molar-refractivity contribution in [1.29, 1.82) is 10.5 Å². The van der Waals surface area contributed by atoms with Crippen LogP contribution in [0.5, 0.6) is 0 Å². The molecule has 350 valence electrons. The lowest BCUT2D eigenvalue weighted by Gasteiger charge is -2.26. The second kappa shape index (κ2) is 14.9. The summed E-state index contributed by atoms with van der Waals surface area (Å²) >= 11 is 0. The zero-order chi connectivity index (χ0) is 54.3. The Bertz CT molecular complexity index is 5810. The summed E-state index contributed by atoms with van der Waals surface area (Å²) < 4.78 is 73.7. The SMILES string of the molecule is [2H]c1c([2H])c([2H])c(-c2c(C#N)c(-n3c4ccccc4c4ccc5oc6ccccc6c5c43)c(-n3c4ccccc4c4ccc5c6ccccc6oc5c43)c(C#N)c2-n2c3ccccc3c3ccc4oc5ccccc5c4c32)c([2H])c1[2H]. The predicted octanol–water partition coefficient (Wildman–Crippen LogP) is 18.1. The maximum absolute atomic E-state index is 12.9. The van der Waals surface area contributed by atoms with Crippen LogP contribution in [0, 0.1) is 22.7 Å². The summed E-state index contributed by atoms with van der Waals surface area (Å²) in [5.74, 6) is 0. The number of fused-ring (bicyclic) bond motifs is 21. The zero-order valence-electron chi connectivity index (χ0n) is 44.8. The molecule has 8 heteroatoms. The Morgan fingerprint density at radius 1 is 0.342 bits per heavy atom. The van der Waals surface area contributed by atoms with Gasteiger partial charge in [0, 0.05) is 59.4 Å². The molecule has 0 saturated carbocycles. The minimum atomic E-state index is -0.605. The molecule has 0 aliphatic heterocycles. The third-order valence-electron chi connectivity index (χ3n) is 15.6. The van der Waals surface area contributed by atoms with Crippen molar-refractivity contribution in [2.45, 2.75) is 0 Å². The Kier molecular flexibility index (Phi) is 7.09. The van der Waals surface area contributed by atoms with Gasteiger partial charge in [0.1, 0.15) is 45.6 Å². The largest absolute Gasteiger partial charge is 0.456 e. The van der Waals surface area contributed by atoms with Crippen LogP contribution in [-0.2, 0) is 0 Å². The fourth-order valence-electron chi connectivity index (χ4n) is 12.7. The molecule has 0 unspecified atom stereocenters. The number of rotatable bonds is 4. The molecule has 0 amide bonds. The van der Waals surface area contributed by atoms with Gasteiger partial charge in [-0.15, -0.1) is 0 Å². The molecule has 0 aliphatic rings. The van der Waals surface area contributed by atoms with Gasteiger partial charge in [0.2, 0.25) is 0 Å². The van der Waals surface area contributed by atoms with E-state index in [2.05, 4.69) is 24.3 Å². The molecule has 0 bridgehead atoms. The first-order valence-electron chi connectivity index (χ1n) is 27.4. The lowest BCUT2D eigenvalue weighted by molar-refractivity contribution is 0.669. The second-order valence-electron chi connectivity index (χ2n) is 19.3. The van der Waals surface area contributed by atoms with E-state index in [1.54, 1.807) is 0 Å². The van der Waals surface area contributed by atoms with Crippen LogP contribution in [0.15, 0.2) is 225 Å². The van der Waals surface area contributed by atoms with Crippen molar-refractivity contribution in [1.82, 2.24) is 13.7 Å². The van der Waals surface area contributed by atoms with Crippen LogP contribution in [0.25, 0.3) is 159 Å². The van der Waals surface area contributed by atoms with Crippen LogP contribution < -0.4 is 0 Å². The van der Waals surface area contributed by atoms with Gasteiger partial charge in [0.25, 0.3) is 0 Å². The summed E-state index contributed by atoms with van der Waals surface area (Å²) in [6.45, 7) is 0. The standard InChI is InChI=1S/C68H35N5O3/c69-36-49-59(38-16-2-1-3-17-38)64(71-51-24-10-4-18-39(51)43-32-34-57-60(62(43)71)47-22-8-14-28-55(47)74-57)50(37-70)66(73-53-26-12-6-20-41(53)45-30-31-46-42-21-7-13-27-54(42)76-68(46)67(45)73)65(49)72-52-25-11-5-19-40(52)44-33-35-58-61(63(44)72)48-23-9-15-29-56(48)75-58/h1-35H/i1D,2D,3D,16D,17D. The predicted molar refractivity (Wildman–Crippen MR) is 306 cm³/mol. The van der Waals surface area contributed by atoms with Gasteiger partial charge in [-0.2, -0.15) is 10.5 Å². The van der Waals surface area contributed by atoms with E-state index in [-0.39, 0.29) is 39.3 Å². The minimum Gasteiger partial charge on any atom is -0.456 e. The number of nitriles is 2. The summed E-state index contributed by atoms with van der Waals surface area (Å²) in [6, 6.07) is 61.6. The van der Waals surface area contributed by atoms with Gasteiger partial charge in [-0.1, -0.05) is 145 Å². The van der Waals surface area contributed by atoms with Gasteiger partial charge in [0.05, 0.1) is 73.4 Å². The maximum Gasteiger partial charge on any atom is 0.160 e. The van der Waals surface area contributed by atoms with Crippen LogP contribution in [-0.4, -0.2) is 13.7 Å². The molecule has 17 rings (SSSR count). The fraction of sp³-hybridized carbons (Fsp3) is 0. The molecule has 0 radical (unpaired) electrons. The highest BCUT2D eigenvalue weighted by Crippen LogP contribution is 2.52. The van der Waals surface area contributed by atoms with E-state index < -0.39 is 30.2 Å². The molecule has 11 aromatic carbocycles. The van der Waals surface area contributed by atoms with Crippen molar-refractivity contribution in [3.63, 3.8) is 0 Å². The topological polar surface area (TPSA) is 102 Å². The number of benzene rings is 11. The molecule has 76 heavy (non-hydrogen) atoms. The number of nitrogens with zero attached hydrogens (tertiary/aromatic N) is 5. The Labute approximate surface area is 437 Å². The minimum absolute atomic E-state index is 0.0317. The van der Waals surface area contributed by atoms with Crippen LogP contribution in [0.2, 0.25) is 0 Å². The highest BCUT2D eigenvalue weighted by molar-refractivity contribution is 6.28. The van der Waals surface area contributed by atoms with Crippen molar-refractivity contribution >= 4 is 131 Å². The van der Waals surface area contributed by atoms with Gasteiger partial charge in [-0.05, 0) is 72.3 Å². The molecule has 0 aliphatic carbocycles. The van der Waals surface area contributed by atoms with E-state index in [1.807, 2.05) is 184 Å². The lowest BCUT2D eigenvalue weighted by atomic mass is 9.91. The van der Waals surface area contributed by atoms with Gasteiger partial charge in [0.15, 0.2) is 5.58 Å². The van der Waals surface area contributed by atoms with Crippen LogP contribution in [0.4, 0.5) is 0 Å². The van der Waals surface area contributed by atoms with Crippen molar-refractivity contribution in [2.75, 3.05) is 0 Å². The summed E-state index contributed by atoms with van der Waals surface area (Å²) in [7, 11) is 0. The quantitative estimate of drug-likeness (QED) is 0.175. The zero-order valence-corrected chi connectivity index (χ0v) is 39.8. The van der Waals surface area contributed by atoms with E-state index >= 15 is 0 Å². The summed E-state index contributed by atoms with van der Waals surface area (Å²) in [4.78, 5) is 0. The number of aromatic nitrogens is 3. The van der Waals surface area contributed by atoms with E-state index in [9.17, 15) is 16.0 Å². The lowest BCUT2D eigenvalue weighted by Crippen LogP contribution is -2.14. The normalized spacial score (nSPS) is 13.1. The van der Waals surface area contributed by atoms with E-state index in [1.165, 1.54) is 0 Å². The van der Waals surface area contributed by atoms with Crippen molar-refractivity contribution in [3.8, 4) is 40.3 Å². The molecule has 0 spiro atoms. The third-order valence-corrected chi connectivity index (χ3v) is 15.6. The van der Waals surface area contributed by atoms with E-state index in [4.69, 9.17) is 14.6 Å². The van der Waals surface area contributed by atoms with Crippen molar-refractivity contribution < 1.29 is 20.1 Å². The van der Waals surface area contributed by atoms with Gasteiger partial charge >= 0.3 is 0 Å². The first-order chi connectivity index (χ1) is 39.7. The van der Waals surface area contributed by atoms with E-state index in [0.29, 0.717) is 66.6 Å². The monoisotopic (exact) mass is 974 g/mol. The Hall–Kier alpha value is -10.8. The number of hydrogen-bond donors (Lipinski definition) is 0. The Balaban J connectivity index is 1.23. The molecule has 0 N–H and O–H groups in total. The average Bonchev–Trinajstić information content (AvgIpc) is 2.60. The molecule has 0 saturated heterocycles. The average molecular weight is 975 g/mol. The number of para-hydroxylation sites is 6. The fourth-order valence-corrected chi connectivity index (χ4v) is 12.7. The van der Waals surface area contributed by atoms with Crippen molar-refractivity contribution in [2.24, 2.45) is 0 Å². The van der Waals surface area contributed by atoms with Gasteiger partial charge < -0.3 is 27.0 Å². The first-order valence-corrected chi connectivity index (χ1v) is 24.9. The van der Waals surface area contributed by atoms with Crippen molar-refractivity contribution in [3.05, 3.63) is 223 Å². The van der Waals surface area contributed by atoms with Gasteiger partial charge in [-0.3, -0.25) is 0 Å². The summed E-state index contributed by atoms with van der Waals surface area (Å²) in [5, 5.41) is 35.4. The first kappa shape index (κ1) is 36.2. The highest BCUT2D eigenvalue weighted by Gasteiger charge is 2.35. The van der Waals surface area contributed by atoms with E-state index in [0.717, 1.165) is 64.6 Å². The second-order valence-corrected chi connectivity index (χ2v) is 19.3. The third kappa shape index (κ3) is 5.14. The van der Waals surface area contributed by atoms with Gasteiger partial charge in [-0.25, -0.2) is 0 Å². The maximum atomic E-state index is 12.9. The van der Waals surface area contributed by atoms with Crippen LogP contribution in [0.1, 0.15) is 18.0 Å². The number of hydrogen-bond acceptors (Lipinski definition) is 5. The Morgan fingerprint density at radius 2 is 0.750 bits per heavy atom. The summed E-state index contributed by atoms with van der Waals surface area (Å²) in [5.41, 5.74) is 7.80.